The molecule has 3 rings (SSSR count). The number of carbonyl (C=O) groups excluding carboxylic acids is 1. The Morgan fingerprint density at radius 3 is 2.92 bits per heavy atom. The third-order valence-electron chi connectivity index (χ3n) is 4.66. The van der Waals surface area contributed by atoms with Crippen molar-refractivity contribution in [1.82, 2.24) is 14.5 Å². The number of aryl methyl sites for hydroxylation is 1. The molecule has 5 nitrogen and oxygen atoms in total. The highest BCUT2D eigenvalue weighted by molar-refractivity contribution is 5.76. The highest BCUT2D eigenvalue weighted by atomic mass is 19.1. The van der Waals surface area contributed by atoms with Crippen molar-refractivity contribution < 1.29 is 14.3 Å². The maximum Gasteiger partial charge on any atom is 0.224 e. The van der Waals surface area contributed by atoms with Gasteiger partial charge in [-0.25, -0.2) is 9.37 Å². The van der Waals surface area contributed by atoms with E-state index in [1.807, 2.05) is 10.8 Å². The monoisotopic (exact) mass is 331 g/mol. The fourth-order valence-electron chi connectivity index (χ4n) is 3.19. The molecule has 0 unspecified atom stereocenters. The van der Waals surface area contributed by atoms with Crippen molar-refractivity contribution in [3.63, 3.8) is 0 Å². The van der Waals surface area contributed by atoms with Crippen molar-refractivity contribution in [2.75, 3.05) is 13.1 Å². The van der Waals surface area contributed by atoms with E-state index in [0.717, 1.165) is 0 Å². The first kappa shape index (κ1) is 16.6. The van der Waals surface area contributed by atoms with Crippen molar-refractivity contribution in [1.29, 1.82) is 0 Å². The lowest BCUT2D eigenvalue weighted by molar-refractivity contribution is -0.135. The van der Waals surface area contributed by atoms with Gasteiger partial charge in [0.05, 0.1) is 12.4 Å². The van der Waals surface area contributed by atoms with Gasteiger partial charge < -0.3 is 14.6 Å². The zero-order valence-electron chi connectivity index (χ0n) is 13.5. The molecule has 0 aliphatic carbocycles. The van der Waals surface area contributed by atoms with Crippen LogP contribution in [0.25, 0.3) is 0 Å². The molecule has 1 amide bonds. The van der Waals surface area contributed by atoms with E-state index in [2.05, 4.69) is 4.98 Å². The zero-order chi connectivity index (χ0) is 16.9. The van der Waals surface area contributed by atoms with Gasteiger partial charge in [-0.05, 0) is 30.4 Å². The summed E-state index contributed by atoms with van der Waals surface area (Å²) in [6.45, 7) is 1.52. The zero-order valence-corrected chi connectivity index (χ0v) is 13.5. The van der Waals surface area contributed by atoms with Gasteiger partial charge in [-0.1, -0.05) is 18.2 Å². The van der Waals surface area contributed by atoms with Gasteiger partial charge in [0.1, 0.15) is 5.82 Å². The molecular weight excluding hydrogens is 309 g/mol. The van der Waals surface area contributed by atoms with Crippen LogP contribution in [0.5, 0.6) is 0 Å². The van der Waals surface area contributed by atoms with Gasteiger partial charge in [-0.3, -0.25) is 4.79 Å². The van der Waals surface area contributed by atoms with Crippen LogP contribution < -0.4 is 0 Å². The van der Waals surface area contributed by atoms with E-state index in [0.29, 0.717) is 44.5 Å². The average Bonchev–Trinajstić information content (AvgIpc) is 3.10. The number of nitrogens with zero attached hydrogens (tertiary/aromatic N) is 3. The molecular formula is C18H22FN3O2. The molecule has 1 saturated heterocycles. The number of amides is 1. The SMILES string of the molecule is O=C(CCn1ccnc1)N1CC[C@H](Cc2ccccc2F)[C@H](O)C1. The summed E-state index contributed by atoms with van der Waals surface area (Å²) in [5.41, 5.74) is 0.626. The van der Waals surface area contributed by atoms with Crippen molar-refractivity contribution in [3.05, 3.63) is 54.4 Å². The van der Waals surface area contributed by atoms with Crippen molar-refractivity contribution in [2.45, 2.75) is 31.9 Å². The number of carbonyl (C=O) groups is 1. The molecule has 128 valence electrons. The normalized spacial score (nSPS) is 21.0. The molecule has 2 aromatic rings. The first-order valence-electron chi connectivity index (χ1n) is 8.28. The van der Waals surface area contributed by atoms with Crippen LogP contribution in [-0.4, -0.2) is 44.7 Å². The summed E-state index contributed by atoms with van der Waals surface area (Å²) in [4.78, 5) is 17.9. The molecule has 1 fully saturated rings. The smallest absolute Gasteiger partial charge is 0.224 e. The van der Waals surface area contributed by atoms with Crippen LogP contribution in [0.2, 0.25) is 0 Å². The van der Waals surface area contributed by atoms with Crippen molar-refractivity contribution in [2.24, 2.45) is 5.92 Å². The molecule has 1 aliphatic rings. The van der Waals surface area contributed by atoms with E-state index < -0.39 is 6.10 Å². The Bertz CT molecular complexity index is 675. The lowest BCUT2D eigenvalue weighted by Gasteiger charge is -2.36. The van der Waals surface area contributed by atoms with Crippen LogP contribution in [-0.2, 0) is 17.8 Å². The number of aliphatic hydroxyl groups excluding tert-OH is 1. The van der Waals surface area contributed by atoms with E-state index in [9.17, 15) is 14.3 Å². The van der Waals surface area contributed by atoms with Gasteiger partial charge in [-0.2, -0.15) is 0 Å². The third kappa shape index (κ3) is 4.00. The Morgan fingerprint density at radius 1 is 1.38 bits per heavy atom. The Labute approximate surface area is 140 Å². The van der Waals surface area contributed by atoms with Gasteiger partial charge in [-0.15, -0.1) is 0 Å². The first-order valence-corrected chi connectivity index (χ1v) is 8.28. The lowest BCUT2D eigenvalue weighted by Crippen LogP contribution is -2.47. The Kier molecular flexibility index (Phi) is 5.25. The number of benzene rings is 1. The van der Waals surface area contributed by atoms with Gasteiger partial charge in [0, 0.05) is 38.4 Å². The summed E-state index contributed by atoms with van der Waals surface area (Å²) < 4.78 is 15.6. The van der Waals surface area contributed by atoms with Crippen LogP contribution in [0.4, 0.5) is 4.39 Å². The Balaban J connectivity index is 1.51. The number of rotatable bonds is 5. The topological polar surface area (TPSA) is 58.4 Å². The maximum atomic E-state index is 13.8. The minimum atomic E-state index is -0.615. The highest BCUT2D eigenvalue weighted by Crippen LogP contribution is 2.24. The number of β-amino-alcohol motifs (C(OH)–C–C–N with tert-alkyl or cyclic N) is 1. The molecule has 0 radical (unpaired) electrons. The second-order valence-electron chi connectivity index (χ2n) is 6.30. The Morgan fingerprint density at radius 2 is 2.21 bits per heavy atom. The quantitative estimate of drug-likeness (QED) is 0.910. The Hall–Kier alpha value is -2.21. The van der Waals surface area contributed by atoms with E-state index in [4.69, 9.17) is 0 Å². The molecule has 1 aromatic heterocycles. The molecule has 0 bridgehead atoms. The van der Waals surface area contributed by atoms with E-state index in [1.165, 1.54) is 6.07 Å². The number of aliphatic hydroxyl groups is 1. The number of piperidine rings is 1. The molecule has 24 heavy (non-hydrogen) atoms. The largest absolute Gasteiger partial charge is 0.391 e. The number of likely N-dealkylation sites (tertiary alicyclic amines) is 1. The van der Waals surface area contributed by atoms with Crippen LogP contribution >= 0.6 is 0 Å². The number of imidazole rings is 1. The van der Waals surface area contributed by atoms with Crippen LogP contribution in [0, 0.1) is 11.7 Å². The van der Waals surface area contributed by atoms with E-state index in [1.54, 1.807) is 35.6 Å². The minimum Gasteiger partial charge on any atom is -0.391 e. The first-order chi connectivity index (χ1) is 11.6. The molecule has 2 atom stereocenters. The summed E-state index contributed by atoms with van der Waals surface area (Å²) in [7, 11) is 0. The fraction of sp³-hybridized carbons (Fsp3) is 0.444. The van der Waals surface area contributed by atoms with Crippen molar-refractivity contribution in [3.8, 4) is 0 Å². The third-order valence-corrected chi connectivity index (χ3v) is 4.66. The van der Waals surface area contributed by atoms with Crippen LogP contribution in [0.15, 0.2) is 43.0 Å². The van der Waals surface area contributed by atoms with E-state index >= 15 is 0 Å². The summed E-state index contributed by atoms with van der Waals surface area (Å²) >= 11 is 0. The predicted octanol–water partition coefficient (Wildman–Crippen LogP) is 1.86. The molecule has 1 aliphatic heterocycles. The van der Waals surface area contributed by atoms with Crippen LogP contribution in [0.1, 0.15) is 18.4 Å². The lowest BCUT2D eigenvalue weighted by atomic mass is 9.87. The van der Waals surface area contributed by atoms with Gasteiger partial charge in [0.25, 0.3) is 0 Å². The fourth-order valence-corrected chi connectivity index (χ4v) is 3.19. The summed E-state index contributed by atoms with van der Waals surface area (Å²) in [6.07, 6.45) is 6.15. The number of hydrogen-bond donors (Lipinski definition) is 1. The minimum absolute atomic E-state index is 0.0143. The predicted molar refractivity (Wildman–Crippen MR) is 87.6 cm³/mol. The number of hydrogen-bond acceptors (Lipinski definition) is 3. The summed E-state index contributed by atoms with van der Waals surface area (Å²) in [5, 5.41) is 10.4. The standard InChI is InChI=1S/C18H22FN3O2/c19-16-4-2-1-3-14(16)11-15-5-9-22(12-17(15)23)18(24)6-8-21-10-7-20-13-21/h1-4,7,10,13,15,17,23H,5-6,8-9,11-12H2/t15-,17-/m1/s1. The molecule has 0 spiro atoms. The highest BCUT2D eigenvalue weighted by Gasteiger charge is 2.30. The van der Waals surface area contributed by atoms with Gasteiger partial charge in [0.15, 0.2) is 0 Å². The summed E-state index contributed by atoms with van der Waals surface area (Å²) in [6, 6.07) is 6.66. The number of halogens is 1. The summed E-state index contributed by atoms with van der Waals surface area (Å²) in [5.74, 6) is -0.213. The molecule has 6 heteroatoms. The number of aromatic nitrogens is 2. The van der Waals surface area contributed by atoms with Gasteiger partial charge >= 0.3 is 0 Å². The maximum absolute atomic E-state index is 13.8. The second-order valence-corrected chi connectivity index (χ2v) is 6.30. The van der Waals surface area contributed by atoms with Crippen LogP contribution in [0.3, 0.4) is 0 Å². The van der Waals surface area contributed by atoms with Gasteiger partial charge in [0.2, 0.25) is 5.91 Å². The average molecular weight is 331 g/mol. The van der Waals surface area contributed by atoms with Crippen molar-refractivity contribution >= 4 is 5.91 Å². The molecule has 0 saturated carbocycles. The van der Waals surface area contributed by atoms with E-state index in [-0.39, 0.29) is 17.6 Å². The molecule has 1 aromatic carbocycles. The molecule has 1 N–H and O–H groups in total. The second kappa shape index (κ2) is 7.57. The molecule has 2 heterocycles.